The van der Waals surface area contributed by atoms with Crippen LogP contribution in [0.25, 0.3) is 0 Å². The molecule has 29 heavy (non-hydrogen) atoms. The van der Waals surface area contributed by atoms with Crippen LogP contribution in [-0.4, -0.2) is 24.3 Å². The molecule has 0 fully saturated rings. The van der Waals surface area contributed by atoms with Crippen LogP contribution in [0.5, 0.6) is 5.75 Å². The molecule has 0 spiro atoms. The quantitative estimate of drug-likeness (QED) is 0.428. The molecule has 154 valence electrons. The van der Waals surface area contributed by atoms with Crippen molar-refractivity contribution in [3.63, 3.8) is 0 Å². The Morgan fingerprint density at radius 2 is 1.72 bits per heavy atom. The number of nitrogens with one attached hydrogen (secondary N) is 3. The summed E-state index contributed by atoms with van der Waals surface area (Å²) in [6, 6.07) is 13.5. The lowest BCUT2D eigenvalue weighted by Crippen LogP contribution is -2.41. The number of para-hydroxylation sites is 1. The van der Waals surface area contributed by atoms with Crippen molar-refractivity contribution in [2.75, 3.05) is 11.9 Å². The summed E-state index contributed by atoms with van der Waals surface area (Å²) in [6.07, 6.45) is 1.81. The van der Waals surface area contributed by atoms with E-state index in [1.165, 1.54) is 0 Å². The second-order valence-electron chi connectivity index (χ2n) is 6.26. The number of carbonyl (C=O) groups excluding carboxylic acids is 3. The van der Waals surface area contributed by atoms with Crippen molar-refractivity contribution in [2.24, 2.45) is 0 Å². The highest BCUT2D eigenvalue weighted by Crippen LogP contribution is 2.20. The third-order valence-electron chi connectivity index (χ3n) is 3.91. The molecule has 0 atom stereocenters. The SMILES string of the molecule is CCCCOc1cccc(C(=O)NNC(=O)CCC(=O)Nc2ccccc2Cl)c1. The second kappa shape index (κ2) is 11.7. The third kappa shape index (κ3) is 7.83. The first-order valence-electron chi connectivity index (χ1n) is 9.36. The first-order chi connectivity index (χ1) is 14.0. The topological polar surface area (TPSA) is 96.5 Å². The maximum absolute atomic E-state index is 12.2. The van der Waals surface area contributed by atoms with E-state index in [1.807, 2.05) is 0 Å². The molecular weight excluding hydrogens is 394 g/mol. The van der Waals surface area contributed by atoms with Gasteiger partial charge in [0.1, 0.15) is 5.75 Å². The van der Waals surface area contributed by atoms with Gasteiger partial charge in [-0.2, -0.15) is 0 Å². The van der Waals surface area contributed by atoms with Crippen LogP contribution in [0, 0.1) is 0 Å². The van der Waals surface area contributed by atoms with Crippen molar-refractivity contribution in [1.29, 1.82) is 0 Å². The Hall–Kier alpha value is -3.06. The highest BCUT2D eigenvalue weighted by Gasteiger charge is 2.11. The van der Waals surface area contributed by atoms with E-state index in [9.17, 15) is 14.4 Å². The van der Waals surface area contributed by atoms with E-state index >= 15 is 0 Å². The molecule has 2 aromatic rings. The normalized spacial score (nSPS) is 10.1. The third-order valence-corrected chi connectivity index (χ3v) is 4.23. The zero-order valence-corrected chi connectivity index (χ0v) is 16.9. The van der Waals surface area contributed by atoms with Gasteiger partial charge in [-0.15, -0.1) is 0 Å². The van der Waals surface area contributed by atoms with Crippen molar-refractivity contribution < 1.29 is 19.1 Å². The highest BCUT2D eigenvalue weighted by molar-refractivity contribution is 6.33. The Labute approximate surface area is 174 Å². The Kier molecular flexibility index (Phi) is 8.98. The molecule has 0 aliphatic rings. The summed E-state index contributed by atoms with van der Waals surface area (Å²) in [5.74, 6) is -0.715. The molecule has 3 N–H and O–H groups in total. The number of carbonyl (C=O) groups is 3. The number of anilines is 1. The number of benzene rings is 2. The number of unbranched alkanes of at least 4 members (excludes halogenated alkanes) is 1. The van der Waals surface area contributed by atoms with Gasteiger partial charge in [0.05, 0.1) is 17.3 Å². The van der Waals surface area contributed by atoms with E-state index in [2.05, 4.69) is 23.1 Å². The molecule has 7 nitrogen and oxygen atoms in total. The molecule has 0 heterocycles. The summed E-state index contributed by atoms with van der Waals surface area (Å²) in [5.41, 5.74) is 5.46. The molecular formula is C21H24ClN3O4. The van der Waals surface area contributed by atoms with E-state index in [-0.39, 0.29) is 18.7 Å². The van der Waals surface area contributed by atoms with Crippen molar-refractivity contribution in [2.45, 2.75) is 32.6 Å². The summed E-state index contributed by atoms with van der Waals surface area (Å²) in [7, 11) is 0. The van der Waals surface area contributed by atoms with E-state index < -0.39 is 11.8 Å². The molecule has 3 amide bonds. The van der Waals surface area contributed by atoms with Crippen LogP contribution in [0.4, 0.5) is 5.69 Å². The summed E-state index contributed by atoms with van der Waals surface area (Å²) in [6.45, 7) is 2.64. The molecule has 2 aromatic carbocycles. The molecule has 0 saturated carbocycles. The number of hydrogen-bond acceptors (Lipinski definition) is 4. The minimum absolute atomic E-state index is 0.0479. The van der Waals surface area contributed by atoms with Gasteiger partial charge in [0.2, 0.25) is 11.8 Å². The van der Waals surface area contributed by atoms with Gasteiger partial charge in [-0.3, -0.25) is 25.2 Å². The monoisotopic (exact) mass is 417 g/mol. The largest absolute Gasteiger partial charge is 0.494 e. The number of ether oxygens (including phenoxy) is 1. The van der Waals surface area contributed by atoms with Gasteiger partial charge in [-0.05, 0) is 36.8 Å². The molecule has 2 rings (SSSR count). The average Bonchev–Trinajstić information content (AvgIpc) is 2.72. The summed E-state index contributed by atoms with van der Waals surface area (Å²) in [5, 5.41) is 3.05. The Bertz CT molecular complexity index is 857. The highest BCUT2D eigenvalue weighted by atomic mass is 35.5. The Morgan fingerprint density at radius 3 is 2.48 bits per heavy atom. The van der Waals surface area contributed by atoms with Gasteiger partial charge in [0.25, 0.3) is 5.91 Å². The summed E-state index contributed by atoms with van der Waals surface area (Å²) < 4.78 is 5.56. The van der Waals surface area contributed by atoms with E-state index in [0.717, 1.165) is 12.8 Å². The van der Waals surface area contributed by atoms with Crippen molar-refractivity contribution in [3.05, 3.63) is 59.1 Å². The van der Waals surface area contributed by atoms with Crippen LogP contribution in [0.3, 0.4) is 0 Å². The maximum Gasteiger partial charge on any atom is 0.269 e. The number of hydrazine groups is 1. The standard InChI is InChI=1S/C21H24ClN3O4/c1-2-3-13-29-16-8-6-7-15(14-16)21(28)25-24-20(27)12-11-19(26)23-18-10-5-4-9-17(18)22/h4-10,14H,2-3,11-13H2,1H3,(H,23,26)(H,24,27)(H,25,28). The molecule has 0 saturated heterocycles. The van der Waals surface area contributed by atoms with Gasteiger partial charge in [-0.25, -0.2) is 0 Å². The van der Waals surface area contributed by atoms with Crippen molar-refractivity contribution in [1.82, 2.24) is 10.9 Å². The van der Waals surface area contributed by atoms with Crippen LogP contribution in [0.1, 0.15) is 43.0 Å². The summed E-state index contributed by atoms with van der Waals surface area (Å²) >= 11 is 5.97. The van der Waals surface area contributed by atoms with Crippen LogP contribution in [0.15, 0.2) is 48.5 Å². The Morgan fingerprint density at radius 1 is 0.966 bits per heavy atom. The molecule has 0 aliphatic heterocycles. The lowest BCUT2D eigenvalue weighted by Gasteiger charge is -2.10. The number of rotatable bonds is 9. The Balaban J connectivity index is 1.74. The lowest BCUT2D eigenvalue weighted by atomic mass is 10.2. The lowest BCUT2D eigenvalue weighted by molar-refractivity contribution is -0.124. The predicted molar refractivity (Wildman–Crippen MR) is 112 cm³/mol. The number of hydrogen-bond donors (Lipinski definition) is 3. The van der Waals surface area contributed by atoms with Crippen LogP contribution in [-0.2, 0) is 9.59 Å². The molecule has 8 heteroatoms. The fourth-order valence-corrected chi connectivity index (χ4v) is 2.51. The van der Waals surface area contributed by atoms with Crippen LogP contribution >= 0.6 is 11.6 Å². The van der Waals surface area contributed by atoms with Gasteiger partial charge in [0.15, 0.2) is 0 Å². The van der Waals surface area contributed by atoms with E-state index in [1.54, 1.807) is 48.5 Å². The minimum atomic E-state index is -0.483. The average molecular weight is 418 g/mol. The zero-order chi connectivity index (χ0) is 21.1. The first-order valence-corrected chi connectivity index (χ1v) is 9.74. The first kappa shape index (κ1) is 22.2. The molecule has 0 aromatic heterocycles. The number of amides is 3. The van der Waals surface area contributed by atoms with Gasteiger partial charge >= 0.3 is 0 Å². The molecule has 0 unspecified atom stereocenters. The van der Waals surface area contributed by atoms with Crippen LogP contribution in [0.2, 0.25) is 5.02 Å². The van der Waals surface area contributed by atoms with Gasteiger partial charge in [-0.1, -0.05) is 43.1 Å². The van der Waals surface area contributed by atoms with E-state index in [4.69, 9.17) is 16.3 Å². The predicted octanol–water partition coefficient (Wildman–Crippen LogP) is 3.70. The minimum Gasteiger partial charge on any atom is -0.494 e. The second-order valence-corrected chi connectivity index (χ2v) is 6.67. The van der Waals surface area contributed by atoms with Gasteiger partial charge in [0, 0.05) is 18.4 Å². The van der Waals surface area contributed by atoms with Crippen LogP contribution < -0.4 is 20.9 Å². The zero-order valence-electron chi connectivity index (χ0n) is 16.2. The van der Waals surface area contributed by atoms with Gasteiger partial charge < -0.3 is 10.1 Å². The fourth-order valence-electron chi connectivity index (χ4n) is 2.32. The van der Waals surface area contributed by atoms with E-state index in [0.29, 0.717) is 28.6 Å². The number of halogens is 1. The maximum atomic E-state index is 12.2. The van der Waals surface area contributed by atoms with Crippen molar-refractivity contribution >= 4 is 35.0 Å². The smallest absolute Gasteiger partial charge is 0.269 e. The molecule has 0 radical (unpaired) electrons. The van der Waals surface area contributed by atoms with Crippen molar-refractivity contribution in [3.8, 4) is 5.75 Å². The fraction of sp³-hybridized carbons (Fsp3) is 0.286. The molecule has 0 aliphatic carbocycles. The summed E-state index contributed by atoms with van der Waals surface area (Å²) in [4.78, 5) is 36.0. The molecule has 0 bridgehead atoms.